The van der Waals surface area contributed by atoms with Crippen LogP contribution >= 0.6 is 0 Å². The fraction of sp³-hybridized carbons (Fsp3) is 0.600. The Labute approximate surface area is 78.8 Å². The van der Waals surface area contributed by atoms with Crippen molar-refractivity contribution in [3.05, 3.63) is 18.0 Å². The number of ketones is 1. The molecule has 0 aliphatic rings. The lowest BCUT2D eigenvalue weighted by molar-refractivity contribution is -0.116. The normalized spacial score (nSPS) is 12.8. The Morgan fingerprint density at radius 1 is 1.69 bits per heavy atom. The Hall–Kier alpha value is -1.12. The lowest BCUT2D eigenvalue weighted by atomic mass is 10.2. The molecule has 72 valence electrons. The standard InChI is InChI=1S/C10H16N2O/c1-4-8(2)12-6-5-10(11-12)7-9(3)13/h5-6,8H,4,7H2,1-3H3. The predicted molar refractivity (Wildman–Crippen MR) is 51.6 cm³/mol. The molecule has 1 unspecified atom stereocenters. The fourth-order valence-corrected chi connectivity index (χ4v) is 1.16. The first-order valence-electron chi connectivity index (χ1n) is 4.67. The lowest BCUT2D eigenvalue weighted by Gasteiger charge is -2.07. The molecular weight excluding hydrogens is 164 g/mol. The van der Waals surface area contributed by atoms with Crippen molar-refractivity contribution in [3.8, 4) is 0 Å². The third kappa shape index (κ3) is 2.68. The first-order chi connectivity index (χ1) is 6.13. The number of nitrogens with zero attached hydrogens (tertiary/aromatic N) is 2. The molecule has 1 aromatic heterocycles. The second-order valence-electron chi connectivity index (χ2n) is 3.42. The van der Waals surface area contributed by atoms with Crippen LogP contribution in [0.4, 0.5) is 0 Å². The number of aromatic nitrogens is 2. The minimum atomic E-state index is 0.161. The van der Waals surface area contributed by atoms with Crippen LogP contribution in [-0.4, -0.2) is 15.6 Å². The minimum absolute atomic E-state index is 0.161. The molecule has 1 aromatic rings. The maximum atomic E-state index is 10.8. The Kier molecular flexibility index (Phi) is 3.23. The summed E-state index contributed by atoms with van der Waals surface area (Å²) >= 11 is 0. The summed E-state index contributed by atoms with van der Waals surface area (Å²) in [5.74, 6) is 0.161. The van der Waals surface area contributed by atoms with E-state index in [1.807, 2.05) is 16.9 Å². The van der Waals surface area contributed by atoms with Crippen molar-refractivity contribution in [2.45, 2.75) is 39.7 Å². The molecule has 0 aliphatic heterocycles. The van der Waals surface area contributed by atoms with Gasteiger partial charge >= 0.3 is 0 Å². The average molecular weight is 180 g/mol. The van der Waals surface area contributed by atoms with E-state index in [1.165, 1.54) is 0 Å². The summed E-state index contributed by atoms with van der Waals surface area (Å²) in [6.07, 6.45) is 3.44. The SMILES string of the molecule is CCC(C)n1ccc(CC(C)=O)n1. The van der Waals surface area contributed by atoms with Crippen LogP contribution in [0, 0.1) is 0 Å². The summed E-state index contributed by atoms with van der Waals surface area (Å²) in [5, 5.41) is 4.32. The highest BCUT2D eigenvalue weighted by atomic mass is 16.1. The smallest absolute Gasteiger partial charge is 0.135 e. The number of carbonyl (C=O) groups excluding carboxylic acids is 1. The van der Waals surface area contributed by atoms with E-state index < -0.39 is 0 Å². The molecular formula is C10H16N2O. The van der Waals surface area contributed by atoms with Crippen molar-refractivity contribution >= 4 is 5.78 Å². The van der Waals surface area contributed by atoms with Crippen molar-refractivity contribution < 1.29 is 4.79 Å². The molecule has 0 fully saturated rings. The molecule has 1 atom stereocenters. The summed E-state index contributed by atoms with van der Waals surface area (Å²) in [7, 11) is 0. The Morgan fingerprint density at radius 2 is 2.38 bits per heavy atom. The maximum Gasteiger partial charge on any atom is 0.135 e. The molecule has 1 rings (SSSR count). The number of Topliss-reactive ketones (excluding diaryl/α,β-unsaturated/α-hetero) is 1. The van der Waals surface area contributed by atoms with E-state index in [9.17, 15) is 4.79 Å². The quantitative estimate of drug-likeness (QED) is 0.710. The number of hydrogen-bond donors (Lipinski definition) is 0. The van der Waals surface area contributed by atoms with Gasteiger partial charge in [-0.1, -0.05) is 6.92 Å². The molecule has 0 spiro atoms. The third-order valence-corrected chi connectivity index (χ3v) is 2.14. The van der Waals surface area contributed by atoms with E-state index in [0.29, 0.717) is 12.5 Å². The van der Waals surface area contributed by atoms with Crippen LogP contribution in [-0.2, 0) is 11.2 Å². The Bertz CT molecular complexity index is 291. The van der Waals surface area contributed by atoms with E-state index in [-0.39, 0.29) is 5.78 Å². The highest BCUT2D eigenvalue weighted by Gasteiger charge is 2.05. The van der Waals surface area contributed by atoms with Crippen LogP contribution in [0.25, 0.3) is 0 Å². The lowest BCUT2D eigenvalue weighted by Crippen LogP contribution is -2.05. The summed E-state index contributed by atoms with van der Waals surface area (Å²) in [4.78, 5) is 10.8. The highest BCUT2D eigenvalue weighted by Crippen LogP contribution is 2.09. The number of hydrogen-bond acceptors (Lipinski definition) is 2. The van der Waals surface area contributed by atoms with Gasteiger partial charge in [0, 0.05) is 12.2 Å². The zero-order valence-electron chi connectivity index (χ0n) is 8.45. The molecule has 0 aliphatic carbocycles. The topological polar surface area (TPSA) is 34.9 Å². The average Bonchev–Trinajstić information content (AvgIpc) is 2.50. The van der Waals surface area contributed by atoms with Gasteiger partial charge in [-0.25, -0.2) is 0 Å². The van der Waals surface area contributed by atoms with Gasteiger partial charge in [-0.15, -0.1) is 0 Å². The van der Waals surface area contributed by atoms with Gasteiger partial charge in [0.25, 0.3) is 0 Å². The van der Waals surface area contributed by atoms with Crippen molar-refractivity contribution in [1.82, 2.24) is 9.78 Å². The van der Waals surface area contributed by atoms with Crippen LogP contribution < -0.4 is 0 Å². The Morgan fingerprint density at radius 3 is 2.92 bits per heavy atom. The molecule has 0 radical (unpaired) electrons. The van der Waals surface area contributed by atoms with Gasteiger partial charge in [-0.2, -0.15) is 5.10 Å². The van der Waals surface area contributed by atoms with Crippen molar-refractivity contribution in [1.29, 1.82) is 0 Å². The first-order valence-corrected chi connectivity index (χ1v) is 4.67. The van der Waals surface area contributed by atoms with Gasteiger partial charge in [0.05, 0.1) is 12.1 Å². The largest absolute Gasteiger partial charge is 0.300 e. The second-order valence-corrected chi connectivity index (χ2v) is 3.42. The summed E-state index contributed by atoms with van der Waals surface area (Å²) < 4.78 is 1.91. The van der Waals surface area contributed by atoms with Crippen LogP contribution in [0.3, 0.4) is 0 Å². The van der Waals surface area contributed by atoms with E-state index >= 15 is 0 Å². The van der Waals surface area contributed by atoms with Gasteiger partial charge in [0.15, 0.2) is 0 Å². The van der Waals surface area contributed by atoms with Gasteiger partial charge in [-0.3, -0.25) is 9.48 Å². The molecule has 3 nitrogen and oxygen atoms in total. The molecule has 3 heteroatoms. The first kappa shape index (κ1) is 9.96. The molecule has 1 heterocycles. The molecule has 13 heavy (non-hydrogen) atoms. The van der Waals surface area contributed by atoms with E-state index in [4.69, 9.17) is 0 Å². The summed E-state index contributed by atoms with van der Waals surface area (Å²) in [6, 6.07) is 2.33. The number of carbonyl (C=O) groups is 1. The van der Waals surface area contributed by atoms with Gasteiger partial charge in [0.1, 0.15) is 5.78 Å². The van der Waals surface area contributed by atoms with Crippen LogP contribution in [0.1, 0.15) is 38.9 Å². The zero-order valence-corrected chi connectivity index (χ0v) is 8.45. The fourth-order valence-electron chi connectivity index (χ4n) is 1.16. The summed E-state index contributed by atoms with van der Waals surface area (Å²) in [6.45, 7) is 5.82. The van der Waals surface area contributed by atoms with E-state index in [0.717, 1.165) is 12.1 Å². The predicted octanol–water partition coefficient (Wildman–Crippen LogP) is 1.99. The van der Waals surface area contributed by atoms with E-state index in [2.05, 4.69) is 18.9 Å². The zero-order chi connectivity index (χ0) is 9.84. The van der Waals surface area contributed by atoms with Crippen molar-refractivity contribution in [2.75, 3.05) is 0 Å². The molecule has 0 amide bonds. The molecule has 0 saturated heterocycles. The van der Waals surface area contributed by atoms with Crippen molar-refractivity contribution in [2.24, 2.45) is 0 Å². The number of rotatable bonds is 4. The third-order valence-electron chi connectivity index (χ3n) is 2.14. The van der Waals surface area contributed by atoms with Crippen LogP contribution in [0.2, 0.25) is 0 Å². The highest BCUT2D eigenvalue weighted by molar-refractivity contribution is 5.77. The van der Waals surface area contributed by atoms with E-state index in [1.54, 1.807) is 6.92 Å². The monoisotopic (exact) mass is 180 g/mol. The molecule has 0 bridgehead atoms. The molecule has 0 aromatic carbocycles. The molecule has 0 saturated carbocycles. The van der Waals surface area contributed by atoms with Crippen molar-refractivity contribution in [3.63, 3.8) is 0 Å². The molecule has 0 N–H and O–H groups in total. The Balaban J connectivity index is 2.68. The van der Waals surface area contributed by atoms with Gasteiger partial charge in [-0.05, 0) is 26.3 Å². The van der Waals surface area contributed by atoms with Crippen LogP contribution in [0.5, 0.6) is 0 Å². The minimum Gasteiger partial charge on any atom is -0.300 e. The summed E-state index contributed by atoms with van der Waals surface area (Å²) in [5.41, 5.74) is 0.868. The van der Waals surface area contributed by atoms with Gasteiger partial charge < -0.3 is 0 Å². The second kappa shape index (κ2) is 4.21. The van der Waals surface area contributed by atoms with Gasteiger partial charge in [0.2, 0.25) is 0 Å². The maximum absolute atomic E-state index is 10.8. The van der Waals surface area contributed by atoms with Crippen LogP contribution in [0.15, 0.2) is 12.3 Å².